The third kappa shape index (κ3) is 0.646. The van der Waals surface area contributed by atoms with E-state index >= 15 is 0 Å². The monoisotopic (exact) mass is 99.1 g/mol. The van der Waals surface area contributed by atoms with Gasteiger partial charge in [-0.3, -0.25) is 0 Å². The molecule has 0 aliphatic carbocycles. The minimum Gasteiger partial charge on any atom is -0.0680 e. The lowest BCUT2D eigenvalue weighted by Crippen LogP contribution is -2.18. The summed E-state index contributed by atoms with van der Waals surface area (Å²) < 4.78 is 0. The summed E-state index contributed by atoms with van der Waals surface area (Å²) in [5, 5.41) is 0. The summed E-state index contributed by atoms with van der Waals surface area (Å²) in [6.07, 6.45) is 1.54. The summed E-state index contributed by atoms with van der Waals surface area (Å²) in [5.41, 5.74) is 0. The van der Waals surface area contributed by atoms with Crippen molar-refractivity contribution < 1.29 is 0 Å². The highest BCUT2D eigenvalue weighted by molar-refractivity contribution is 6.61. The molecule has 0 aromatic heterocycles. The van der Waals surface area contributed by atoms with Crippen LogP contribution < -0.4 is 0 Å². The first kappa shape index (κ1) is 4.38. The van der Waals surface area contributed by atoms with Gasteiger partial charge in [-0.15, -0.1) is 0 Å². The first-order chi connectivity index (χ1) is 2.93. The summed E-state index contributed by atoms with van der Waals surface area (Å²) in [6.45, 7) is 2.33. The molecule has 1 saturated heterocycles. The Kier molecular flexibility index (Phi) is 1.30. The molecule has 1 heterocycles. The Bertz CT molecular complexity index is 36.4. The van der Waals surface area contributed by atoms with E-state index < -0.39 is 0 Å². The molecule has 6 heavy (non-hydrogen) atoms. The highest BCUT2D eigenvalue weighted by Crippen LogP contribution is 2.22. The summed E-state index contributed by atoms with van der Waals surface area (Å²) in [5.74, 6) is 0. The predicted octanol–water partition coefficient (Wildman–Crippen LogP) is 1.90. The van der Waals surface area contributed by atoms with Gasteiger partial charge in [0.1, 0.15) is 0 Å². The molecule has 0 N–H and O–H groups in total. The van der Waals surface area contributed by atoms with Gasteiger partial charge in [0.25, 0.3) is 0 Å². The van der Waals surface area contributed by atoms with Gasteiger partial charge in [0, 0.05) is 8.80 Å². The standard InChI is InChI=1S/C5H11Si/c1-2-6-4-3-5-6/h2-5H2,1H3. The molecule has 0 aromatic carbocycles. The van der Waals surface area contributed by atoms with E-state index in [0.29, 0.717) is 8.80 Å². The van der Waals surface area contributed by atoms with Gasteiger partial charge in [-0.05, 0) is 0 Å². The van der Waals surface area contributed by atoms with Gasteiger partial charge in [-0.25, -0.2) is 0 Å². The van der Waals surface area contributed by atoms with Gasteiger partial charge in [0.15, 0.2) is 0 Å². The van der Waals surface area contributed by atoms with Crippen LogP contribution in [0.25, 0.3) is 0 Å². The van der Waals surface area contributed by atoms with Crippen molar-refractivity contribution in [2.75, 3.05) is 0 Å². The van der Waals surface area contributed by atoms with Gasteiger partial charge in [0.05, 0.1) is 0 Å². The first-order valence-electron chi connectivity index (χ1n) is 2.77. The van der Waals surface area contributed by atoms with Gasteiger partial charge >= 0.3 is 0 Å². The van der Waals surface area contributed by atoms with E-state index in [4.69, 9.17) is 0 Å². The molecule has 1 heteroatoms. The molecule has 0 aromatic rings. The molecule has 0 unspecified atom stereocenters. The highest BCUT2D eigenvalue weighted by Gasteiger charge is 2.15. The van der Waals surface area contributed by atoms with E-state index in [0.717, 1.165) is 0 Å². The van der Waals surface area contributed by atoms with Crippen molar-refractivity contribution in [2.24, 2.45) is 0 Å². The van der Waals surface area contributed by atoms with Crippen molar-refractivity contribution in [3.63, 3.8) is 0 Å². The second-order valence-electron chi connectivity index (χ2n) is 1.96. The Morgan fingerprint density at radius 2 is 2.17 bits per heavy atom. The van der Waals surface area contributed by atoms with Crippen LogP contribution in [0.4, 0.5) is 0 Å². The lowest BCUT2D eigenvalue weighted by Gasteiger charge is -2.20. The molecule has 0 nitrogen and oxygen atoms in total. The van der Waals surface area contributed by atoms with Gasteiger partial charge in [-0.2, -0.15) is 0 Å². The van der Waals surface area contributed by atoms with Crippen LogP contribution in [0.15, 0.2) is 0 Å². The molecule has 1 aliphatic heterocycles. The Morgan fingerprint density at radius 1 is 1.50 bits per heavy atom. The Balaban J connectivity index is 2.01. The van der Waals surface area contributed by atoms with Crippen molar-refractivity contribution in [2.45, 2.75) is 31.5 Å². The lowest BCUT2D eigenvalue weighted by molar-refractivity contribution is 0.923. The van der Waals surface area contributed by atoms with Crippen LogP contribution in [-0.2, 0) is 0 Å². The van der Waals surface area contributed by atoms with Crippen LogP contribution in [0.2, 0.25) is 18.1 Å². The SMILES string of the molecule is CC[Si]1CCC1. The van der Waals surface area contributed by atoms with Gasteiger partial charge in [0.2, 0.25) is 0 Å². The van der Waals surface area contributed by atoms with E-state index in [2.05, 4.69) is 6.92 Å². The van der Waals surface area contributed by atoms with Crippen molar-refractivity contribution in [1.29, 1.82) is 0 Å². The molecule has 35 valence electrons. The van der Waals surface area contributed by atoms with Crippen molar-refractivity contribution in [3.8, 4) is 0 Å². The van der Waals surface area contributed by atoms with Gasteiger partial charge < -0.3 is 0 Å². The smallest absolute Gasteiger partial charge is 0.0476 e. The van der Waals surface area contributed by atoms with E-state index in [1.165, 1.54) is 6.04 Å². The normalized spacial score (nSPS) is 23.5. The zero-order chi connectivity index (χ0) is 4.41. The van der Waals surface area contributed by atoms with Crippen LogP contribution in [0.5, 0.6) is 0 Å². The fraction of sp³-hybridized carbons (Fsp3) is 1.00. The zero-order valence-electron chi connectivity index (χ0n) is 4.33. The summed E-state index contributed by atoms with van der Waals surface area (Å²) in [4.78, 5) is 0. The maximum absolute atomic E-state index is 2.33. The highest BCUT2D eigenvalue weighted by atomic mass is 28.3. The molecule has 0 atom stereocenters. The van der Waals surface area contributed by atoms with E-state index in [9.17, 15) is 0 Å². The lowest BCUT2D eigenvalue weighted by atomic mass is 10.5. The zero-order valence-corrected chi connectivity index (χ0v) is 5.33. The molecule has 0 spiro atoms. The van der Waals surface area contributed by atoms with E-state index in [1.54, 1.807) is 18.5 Å². The number of hydrogen-bond acceptors (Lipinski definition) is 0. The van der Waals surface area contributed by atoms with Crippen molar-refractivity contribution >= 4 is 8.80 Å². The summed E-state index contributed by atoms with van der Waals surface area (Å²) >= 11 is 0. The topological polar surface area (TPSA) is 0 Å². The molecule has 0 bridgehead atoms. The van der Waals surface area contributed by atoms with Crippen LogP contribution in [-0.4, -0.2) is 8.80 Å². The maximum Gasteiger partial charge on any atom is 0.0476 e. The number of hydrogen-bond donors (Lipinski definition) is 0. The third-order valence-corrected chi connectivity index (χ3v) is 4.68. The largest absolute Gasteiger partial charge is 0.0680 e. The molecular formula is C5H11Si. The second-order valence-corrected chi connectivity index (χ2v) is 5.16. The molecule has 0 amide bonds. The number of rotatable bonds is 1. The minimum absolute atomic E-state index is 0.312. The van der Waals surface area contributed by atoms with E-state index in [-0.39, 0.29) is 0 Å². The van der Waals surface area contributed by atoms with Crippen LogP contribution in [0, 0.1) is 0 Å². The summed E-state index contributed by atoms with van der Waals surface area (Å²) in [6, 6.07) is 4.74. The molecule has 0 saturated carbocycles. The minimum atomic E-state index is 0.312. The molecule has 1 aliphatic rings. The molecule has 1 fully saturated rings. The second kappa shape index (κ2) is 1.78. The van der Waals surface area contributed by atoms with Crippen molar-refractivity contribution in [3.05, 3.63) is 0 Å². The van der Waals surface area contributed by atoms with Crippen molar-refractivity contribution in [1.82, 2.24) is 0 Å². The molecular weight excluding hydrogens is 88.1 g/mol. The quantitative estimate of drug-likeness (QED) is 0.440. The van der Waals surface area contributed by atoms with Gasteiger partial charge in [-0.1, -0.05) is 31.5 Å². The summed E-state index contributed by atoms with van der Waals surface area (Å²) in [7, 11) is 0.312. The van der Waals surface area contributed by atoms with Crippen LogP contribution in [0.3, 0.4) is 0 Å². The third-order valence-electron chi connectivity index (χ3n) is 1.56. The molecule has 1 radical (unpaired) electrons. The molecule has 1 rings (SSSR count). The fourth-order valence-electron chi connectivity index (χ4n) is 0.780. The van der Waals surface area contributed by atoms with Crippen LogP contribution >= 0.6 is 0 Å². The average molecular weight is 99.2 g/mol. The Labute approximate surface area is 41.2 Å². The fourth-order valence-corrected chi connectivity index (χ4v) is 2.34. The van der Waals surface area contributed by atoms with E-state index in [1.807, 2.05) is 0 Å². The maximum atomic E-state index is 2.33. The Hall–Kier alpha value is 0.217. The average Bonchev–Trinajstić information content (AvgIpc) is 1.31. The predicted molar refractivity (Wildman–Crippen MR) is 30.5 cm³/mol. The van der Waals surface area contributed by atoms with Crippen LogP contribution in [0.1, 0.15) is 13.3 Å². The first-order valence-corrected chi connectivity index (χ1v) is 4.89. The Morgan fingerprint density at radius 3 is 2.17 bits per heavy atom.